The minimum atomic E-state index is 1.07. The molecule has 84 valence electrons. The van der Waals surface area contributed by atoms with Gasteiger partial charge in [0.2, 0.25) is 0 Å². The smallest absolute Gasteiger partial charge is 0.0415 e. The monoisotopic (exact) mass is 270 g/mol. The lowest BCUT2D eigenvalue weighted by Crippen LogP contribution is -2.24. The molecule has 0 saturated carbocycles. The molecule has 0 amide bonds. The fourth-order valence-corrected chi connectivity index (χ4v) is 1.99. The van der Waals surface area contributed by atoms with Crippen molar-refractivity contribution >= 4 is 15.9 Å². The fraction of sp³-hybridized carbons (Fsp3) is 0.583. The molecule has 0 spiro atoms. The zero-order valence-electron chi connectivity index (χ0n) is 9.54. The molecule has 1 aromatic heterocycles. The van der Waals surface area contributed by atoms with Crippen LogP contribution < -0.4 is 0 Å². The van der Waals surface area contributed by atoms with Gasteiger partial charge in [-0.3, -0.25) is 4.98 Å². The molecular formula is C12H19BrN2. The third kappa shape index (κ3) is 4.76. The van der Waals surface area contributed by atoms with E-state index in [-0.39, 0.29) is 0 Å². The maximum Gasteiger partial charge on any atom is 0.0415 e. The van der Waals surface area contributed by atoms with Gasteiger partial charge in [-0.1, -0.05) is 29.8 Å². The fourth-order valence-electron chi connectivity index (χ4n) is 1.61. The highest BCUT2D eigenvalue weighted by Gasteiger charge is 2.00. The number of rotatable bonds is 6. The van der Waals surface area contributed by atoms with Crippen LogP contribution in [0, 0.1) is 0 Å². The Kier molecular flexibility index (Phi) is 5.88. The molecule has 3 heteroatoms. The number of pyridine rings is 1. The molecule has 0 aliphatic carbocycles. The molecule has 1 rings (SSSR count). The second-order valence-electron chi connectivity index (χ2n) is 3.60. The average molecular weight is 271 g/mol. The lowest BCUT2D eigenvalue weighted by Gasteiger charge is -2.17. The highest BCUT2D eigenvalue weighted by atomic mass is 79.9. The van der Waals surface area contributed by atoms with E-state index in [0.717, 1.165) is 24.0 Å². The topological polar surface area (TPSA) is 16.1 Å². The van der Waals surface area contributed by atoms with Crippen molar-refractivity contribution in [3.8, 4) is 0 Å². The van der Waals surface area contributed by atoms with Gasteiger partial charge in [-0.25, -0.2) is 0 Å². The summed E-state index contributed by atoms with van der Waals surface area (Å²) in [5.41, 5.74) is 1.18. The SMILES string of the molecule is CCN(CC)CCCc1cc(Br)ccn1. The quantitative estimate of drug-likeness (QED) is 0.790. The summed E-state index contributed by atoms with van der Waals surface area (Å²) >= 11 is 3.46. The van der Waals surface area contributed by atoms with Crippen molar-refractivity contribution < 1.29 is 0 Å². The van der Waals surface area contributed by atoms with Gasteiger partial charge in [0.15, 0.2) is 0 Å². The summed E-state index contributed by atoms with van der Waals surface area (Å²) in [5.74, 6) is 0. The molecule has 0 atom stereocenters. The lowest BCUT2D eigenvalue weighted by atomic mass is 10.2. The number of aryl methyl sites for hydroxylation is 1. The largest absolute Gasteiger partial charge is 0.304 e. The molecule has 0 N–H and O–H groups in total. The molecule has 2 nitrogen and oxygen atoms in total. The number of hydrogen-bond acceptors (Lipinski definition) is 2. The van der Waals surface area contributed by atoms with Gasteiger partial charge in [-0.15, -0.1) is 0 Å². The number of nitrogens with zero attached hydrogens (tertiary/aromatic N) is 2. The molecule has 0 unspecified atom stereocenters. The third-order valence-electron chi connectivity index (χ3n) is 2.58. The number of halogens is 1. The van der Waals surface area contributed by atoms with Crippen LogP contribution in [0.5, 0.6) is 0 Å². The van der Waals surface area contributed by atoms with Crippen LogP contribution in [0.2, 0.25) is 0 Å². The van der Waals surface area contributed by atoms with Crippen LogP contribution in [0.25, 0.3) is 0 Å². The van der Waals surface area contributed by atoms with E-state index in [1.807, 2.05) is 12.3 Å². The van der Waals surface area contributed by atoms with Crippen molar-refractivity contribution in [1.82, 2.24) is 9.88 Å². The van der Waals surface area contributed by atoms with E-state index in [1.54, 1.807) is 0 Å². The van der Waals surface area contributed by atoms with E-state index >= 15 is 0 Å². The van der Waals surface area contributed by atoms with Crippen molar-refractivity contribution in [2.75, 3.05) is 19.6 Å². The Morgan fingerprint density at radius 1 is 1.33 bits per heavy atom. The normalized spacial score (nSPS) is 10.9. The van der Waals surface area contributed by atoms with E-state index in [0.29, 0.717) is 0 Å². The first-order valence-electron chi connectivity index (χ1n) is 5.59. The summed E-state index contributed by atoms with van der Waals surface area (Å²) in [4.78, 5) is 6.78. The molecular weight excluding hydrogens is 252 g/mol. The van der Waals surface area contributed by atoms with E-state index in [9.17, 15) is 0 Å². The maximum atomic E-state index is 4.34. The molecule has 0 aliphatic heterocycles. The van der Waals surface area contributed by atoms with Gasteiger partial charge in [-0.2, -0.15) is 0 Å². The minimum absolute atomic E-state index is 1.07. The molecule has 1 aromatic rings. The Morgan fingerprint density at radius 2 is 2.07 bits per heavy atom. The molecule has 0 saturated heterocycles. The molecule has 0 aliphatic rings. The first-order chi connectivity index (χ1) is 7.26. The van der Waals surface area contributed by atoms with Crippen LogP contribution in [0.3, 0.4) is 0 Å². The summed E-state index contributed by atoms with van der Waals surface area (Å²) in [6.45, 7) is 7.87. The van der Waals surface area contributed by atoms with Gasteiger partial charge in [-0.05, 0) is 44.6 Å². The Labute approximate surface area is 101 Å². The van der Waals surface area contributed by atoms with E-state index < -0.39 is 0 Å². The zero-order valence-corrected chi connectivity index (χ0v) is 11.1. The van der Waals surface area contributed by atoms with Gasteiger partial charge >= 0.3 is 0 Å². The molecule has 15 heavy (non-hydrogen) atoms. The van der Waals surface area contributed by atoms with Crippen LogP contribution in [-0.4, -0.2) is 29.5 Å². The van der Waals surface area contributed by atoms with Gasteiger partial charge in [0.05, 0.1) is 0 Å². The average Bonchev–Trinajstić information content (AvgIpc) is 2.25. The summed E-state index contributed by atoms with van der Waals surface area (Å²) in [6, 6.07) is 4.07. The van der Waals surface area contributed by atoms with Crippen molar-refractivity contribution in [3.05, 3.63) is 28.5 Å². The lowest BCUT2D eigenvalue weighted by molar-refractivity contribution is 0.299. The molecule has 1 heterocycles. The van der Waals surface area contributed by atoms with E-state index in [2.05, 4.69) is 45.7 Å². The first kappa shape index (κ1) is 12.7. The van der Waals surface area contributed by atoms with Crippen molar-refractivity contribution in [3.63, 3.8) is 0 Å². The van der Waals surface area contributed by atoms with Gasteiger partial charge < -0.3 is 4.90 Å². The standard InChI is InChI=1S/C12H19BrN2/c1-3-15(4-2)9-5-6-12-10-11(13)7-8-14-12/h7-8,10H,3-6,9H2,1-2H3. The number of hydrogen-bond donors (Lipinski definition) is 0. The molecule has 0 bridgehead atoms. The van der Waals surface area contributed by atoms with Crippen LogP contribution in [0.1, 0.15) is 26.0 Å². The minimum Gasteiger partial charge on any atom is -0.304 e. The first-order valence-corrected chi connectivity index (χ1v) is 6.38. The summed E-state index contributed by atoms with van der Waals surface area (Å²) in [5, 5.41) is 0. The number of aromatic nitrogens is 1. The van der Waals surface area contributed by atoms with E-state index in [4.69, 9.17) is 0 Å². The predicted octanol–water partition coefficient (Wildman–Crippen LogP) is 3.12. The highest BCUT2D eigenvalue weighted by Crippen LogP contribution is 2.10. The zero-order chi connectivity index (χ0) is 11.1. The summed E-state index contributed by atoms with van der Waals surface area (Å²) < 4.78 is 1.12. The Balaban J connectivity index is 2.31. The summed E-state index contributed by atoms with van der Waals surface area (Å²) in [7, 11) is 0. The van der Waals surface area contributed by atoms with Crippen LogP contribution >= 0.6 is 15.9 Å². The van der Waals surface area contributed by atoms with Crippen molar-refractivity contribution in [1.29, 1.82) is 0 Å². The molecule has 0 fully saturated rings. The van der Waals surface area contributed by atoms with Gasteiger partial charge in [0.25, 0.3) is 0 Å². The highest BCUT2D eigenvalue weighted by molar-refractivity contribution is 9.10. The van der Waals surface area contributed by atoms with Gasteiger partial charge in [0, 0.05) is 16.4 Å². The second-order valence-corrected chi connectivity index (χ2v) is 4.51. The maximum absolute atomic E-state index is 4.34. The van der Waals surface area contributed by atoms with Crippen molar-refractivity contribution in [2.45, 2.75) is 26.7 Å². The molecule has 0 radical (unpaired) electrons. The van der Waals surface area contributed by atoms with Gasteiger partial charge in [0.1, 0.15) is 0 Å². The van der Waals surface area contributed by atoms with Crippen LogP contribution in [0.4, 0.5) is 0 Å². The second kappa shape index (κ2) is 6.96. The third-order valence-corrected chi connectivity index (χ3v) is 3.07. The van der Waals surface area contributed by atoms with Crippen LogP contribution in [-0.2, 0) is 6.42 Å². The Hall–Kier alpha value is -0.410. The summed E-state index contributed by atoms with van der Waals surface area (Å²) in [6.07, 6.45) is 4.11. The Morgan fingerprint density at radius 3 is 2.67 bits per heavy atom. The predicted molar refractivity (Wildman–Crippen MR) is 68.0 cm³/mol. The van der Waals surface area contributed by atoms with Crippen molar-refractivity contribution in [2.24, 2.45) is 0 Å². The van der Waals surface area contributed by atoms with E-state index in [1.165, 1.54) is 18.7 Å². The van der Waals surface area contributed by atoms with Crippen LogP contribution in [0.15, 0.2) is 22.8 Å². The molecule has 0 aromatic carbocycles. The Bertz CT molecular complexity index is 285.